The minimum atomic E-state index is -3.73. The van der Waals surface area contributed by atoms with Crippen molar-refractivity contribution in [1.29, 1.82) is 0 Å². The summed E-state index contributed by atoms with van der Waals surface area (Å²) >= 11 is 0. The van der Waals surface area contributed by atoms with Gasteiger partial charge in [0.25, 0.3) is 10.0 Å². The van der Waals surface area contributed by atoms with Crippen molar-refractivity contribution in [2.75, 3.05) is 18.6 Å². The van der Waals surface area contributed by atoms with Crippen LogP contribution in [0, 0.1) is 0 Å². The first-order chi connectivity index (χ1) is 10.6. The standard InChI is InChI=1S/C16H18N2O3S/c1-3-18(14-7-5-4-6-8-14)13-17-22(19,20)16-11-9-15(21-2)10-12-16/h4-13H,3H2,1-2H3/b17-13+. The van der Waals surface area contributed by atoms with E-state index in [1.165, 1.54) is 25.6 Å². The van der Waals surface area contributed by atoms with Gasteiger partial charge in [-0.1, -0.05) is 18.2 Å². The molecule has 2 rings (SSSR count). The molecule has 22 heavy (non-hydrogen) atoms. The third kappa shape index (κ3) is 3.85. The quantitative estimate of drug-likeness (QED) is 0.607. The van der Waals surface area contributed by atoms with Crippen molar-refractivity contribution in [2.45, 2.75) is 11.8 Å². The average Bonchev–Trinajstić information content (AvgIpc) is 2.56. The largest absolute Gasteiger partial charge is 0.497 e. The van der Waals surface area contributed by atoms with Crippen LogP contribution in [0.15, 0.2) is 63.9 Å². The summed E-state index contributed by atoms with van der Waals surface area (Å²) in [6, 6.07) is 15.6. The predicted octanol–water partition coefficient (Wildman–Crippen LogP) is 2.94. The fraction of sp³-hybridized carbons (Fsp3) is 0.188. The van der Waals surface area contributed by atoms with Gasteiger partial charge in [0.15, 0.2) is 0 Å². The van der Waals surface area contributed by atoms with E-state index in [9.17, 15) is 8.42 Å². The van der Waals surface area contributed by atoms with Crippen LogP contribution in [0.3, 0.4) is 0 Å². The summed E-state index contributed by atoms with van der Waals surface area (Å²) in [5.41, 5.74) is 0.888. The Morgan fingerprint density at radius 3 is 2.27 bits per heavy atom. The summed E-state index contributed by atoms with van der Waals surface area (Å²) < 4.78 is 33.2. The number of nitrogens with zero attached hydrogens (tertiary/aromatic N) is 2. The van der Waals surface area contributed by atoms with Gasteiger partial charge >= 0.3 is 0 Å². The maximum absolute atomic E-state index is 12.2. The zero-order chi connectivity index (χ0) is 16.0. The summed E-state index contributed by atoms with van der Waals surface area (Å²) in [7, 11) is -2.20. The van der Waals surface area contributed by atoms with Crippen molar-refractivity contribution in [3.05, 3.63) is 54.6 Å². The number of hydrogen-bond acceptors (Lipinski definition) is 3. The molecular weight excluding hydrogens is 300 g/mol. The molecule has 6 heteroatoms. The fourth-order valence-corrected chi connectivity index (χ4v) is 2.72. The number of para-hydroxylation sites is 1. The molecule has 0 atom stereocenters. The fourth-order valence-electron chi connectivity index (χ4n) is 1.88. The average molecular weight is 318 g/mol. The predicted molar refractivity (Wildman–Crippen MR) is 88.1 cm³/mol. The van der Waals surface area contributed by atoms with Crippen molar-refractivity contribution < 1.29 is 13.2 Å². The number of hydrogen-bond donors (Lipinski definition) is 0. The van der Waals surface area contributed by atoms with E-state index in [0.717, 1.165) is 5.69 Å². The molecule has 0 aromatic heterocycles. The molecule has 0 aliphatic carbocycles. The van der Waals surface area contributed by atoms with Crippen LogP contribution in [-0.4, -0.2) is 28.4 Å². The Morgan fingerprint density at radius 2 is 1.73 bits per heavy atom. The van der Waals surface area contributed by atoms with Gasteiger partial charge in [-0.2, -0.15) is 8.42 Å². The lowest BCUT2D eigenvalue weighted by Gasteiger charge is -2.16. The monoisotopic (exact) mass is 318 g/mol. The molecule has 0 amide bonds. The Morgan fingerprint density at radius 1 is 1.09 bits per heavy atom. The summed E-state index contributed by atoms with van der Waals surface area (Å²) in [5, 5.41) is 0. The Kier molecular flexibility index (Phi) is 5.16. The van der Waals surface area contributed by atoms with Gasteiger partial charge in [0, 0.05) is 12.2 Å². The summed E-state index contributed by atoms with van der Waals surface area (Å²) in [6.45, 7) is 2.55. The molecule has 0 fully saturated rings. The number of ether oxygens (including phenoxy) is 1. The summed E-state index contributed by atoms with van der Waals surface area (Å²) in [4.78, 5) is 1.90. The Hall–Kier alpha value is -2.34. The molecule has 0 heterocycles. The molecule has 0 saturated heterocycles. The molecule has 0 aliphatic heterocycles. The molecule has 2 aromatic carbocycles. The van der Waals surface area contributed by atoms with E-state index in [1.54, 1.807) is 17.0 Å². The minimum absolute atomic E-state index is 0.133. The molecule has 2 aromatic rings. The molecule has 0 unspecified atom stereocenters. The highest BCUT2D eigenvalue weighted by Gasteiger charge is 2.12. The molecule has 0 N–H and O–H groups in total. The van der Waals surface area contributed by atoms with Crippen LogP contribution < -0.4 is 9.64 Å². The van der Waals surface area contributed by atoms with Gasteiger partial charge in [-0.3, -0.25) is 0 Å². The lowest BCUT2D eigenvalue weighted by atomic mass is 10.3. The lowest BCUT2D eigenvalue weighted by molar-refractivity contribution is 0.414. The zero-order valence-corrected chi connectivity index (χ0v) is 13.3. The van der Waals surface area contributed by atoms with E-state index >= 15 is 0 Å². The molecular formula is C16H18N2O3S. The number of rotatable bonds is 6. The Bertz CT molecular complexity index is 726. The normalized spacial score (nSPS) is 11.5. The Balaban J connectivity index is 2.22. The first kappa shape index (κ1) is 16.0. The zero-order valence-electron chi connectivity index (χ0n) is 12.5. The summed E-state index contributed by atoms with van der Waals surface area (Å²) in [5.74, 6) is 0.599. The number of benzene rings is 2. The highest BCUT2D eigenvalue weighted by molar-refractivity contribution is 7.90. The van der Waals surface area contributed by atoms with Crippen molar-refractivity contribution in [3.63, 3.8) is 0 Å². The van der Waals surface area contributed by atoms with Gasteiger partial charge in [0.2, 0.25) is 0 Å². The topological polar surface area (TPSA) is 59.0 Å². The molecule has 0 radical (unpaired) electrons. The minimum Gasteiger partial charge on any atom is -0.497 e. The molecule has 0 spiro atoms. The van der Waals surface area contributed by atoms with E-state index in [4.69, 9.17) is 4.74 Å². The van der Waals surface area contributed by atoms with Gasteiger partial charge in [-0.25, -0.2) is 0 Å². The van der Waals surface area contributed by atoms with Crippen molar-refractivity contribution in [2.24, 2.45) is 4.40 Å². The van der Waals surface area contributed by atoms with Gasteiger partial charge < -0.3 is 9.64 Å². The van der Waals surface area contributed by atoms with E-state index in [2.05, 4.69) is 4.40 Å². The Labute approximate surface area is 130 Å². The first-order valence-electron chi connectivity index (χ1n) is 6.83. The van der Waals surface area contributed by atoms with Gasteiger partial charge in [0.05, 0.1) is 12.0 Å². The molecule has 0 bridgehead atoms. The third-order valence-electron chi connectivity index (χ3n) is 3.11. The van der Waals surface area contributed by atoms with Crippen LogP contribution in [0.5, 0.6) is 5.75 Å². The third-order valence-corrected chi connectivity index (χ3v) is 4.35. The number of sulfonamides is 1. The van der Waals surface area contributed by atoms with Crippen molar-refractivity contribution in [1.82, 2.24) is 0 Å². The maximum atomic E-state index is 12.2. The number of methoxy groups -OCH3 is 1. The maximum Gasteiger partial charge on any atom is 0.283 e. The van der Waals surface area contributed by atoms with Crippen LogP contribution in [0.2, 0.25) is 0 Å². The van der Waals surface area contributed by atoms with E-state index in [-0.39, 0.29) is 4.90 Å². The lowest BCUT2D eigenvalue weighted by Crippen LogP contribution is -2.21. The van der Waals surface area contributed by atoms with Crippen molar-refractivity contribution >= 4 is 22.0 Å². The van der Waals surface area contributed by atoms with Crippen LogP contribution in [0.25, 0.3) is 0 Å². The first-order valence-corrected chi connectivity index (χ1v) is 8.27. The highest BCUT2D eigenvalue weighted by atomic mass is 32.2. The van der Waals surface area contributed by atoms with E-state index in [0.29, 0.717) is 12.3 Å². The molecule has 0 saturated carbocycles. The molecule has 5 nitrogen and oxygen atoms in total. The second kappa shape index (κ2) is 7.09. The van der Waals surface area contributed by atoms with Crippen LogP contribution >= 0.6 is 0 Å². The van der Waals surface area contributed by atoms with Crippen LogP contribution in [-0.2, 0) is 10.0 Å². The number of anilines is 1. The van der Waals surface area contributed by atoms with Gasteiger partial charge in [-0.05, 0) is 43.3 Å². The molecule has 0 aliphatic rings. The smallest absolute Gasteiger partial charge is 0.283 e. The summed E-state index contributed by atoms with van der Waals surface area (Å²) in [6.07, 6.45) is 1.34. The van der Waals surface area contributed by atoms with Crippen molar-refractivity contribution in [3.8, 4) is 5.75 Å². The van der Waals surface area contributed by atoms with Crippen LogP contribution in [0.1, 0.15) is 6.92 Å². The SMILES string of the molecule is CCN(/C=N/S(=O)(=O)c1ccc(OC)cc1)c1ccccc1. The highest BCUT2D eigenvalue weighted by Crippen LogP contribution is 2.18. The van der Waals surface area contributed by atoms with Gasteiger partial charge in [-0.15, -0.1) is 4.40 Å². The van der Waals surface area contributed by atoms with E-state index < -0.39 is 10.0 Å². The van der Waals surface area contributed by atoms with E-state index in [1.807, 2.05) is 37.3 Å². The molecule has 116 valence electrons. The van der Waals surface area contributed by atoms with Gasteiger partial charge in [0.1, 0.15) is 12.1 Å². The van der Waals surface area contributed by atoms with Crippen LogP contribution in [0.4, 0.5) is 5.69 Å². The second-order valence-corrected chi connectivity index (χ2v) is 6.13. The second-order valence-electron chi connectivity index (χ2n) is 4.49.